The number of fused-ring (bicyclic) bond motifs is 2. The molecule has 5 rings (SSSR count). The van der Waals surface area contributed by atoms with Crippen LogP contribution in [0.15, 0.2) is 83.8 Å². The summed E-state index contributed by atoms with van der Waals surface area (Å²) in [4.78, 5) is 38.0. The van der Waals surface area contributed by atoms with E-state index in [-0.39, 0.29) is 74.4 Å². The molecule has 0 atom stereocenters. The molecule has 0 amide bonds. The maximum absolute atomic E-state index is 13.4. The van der Waals surface area contributed by atoms with E-state index in [0.29, 0.717) is 5.69 Å². The zero-order valence-electron chi connectivity index (χ0n) is 19.4. The van der Waals surface area contributed by atoms with E-state index in [1.165, 1.54) is 30.3 Å². The predicted octanol–water partition coefficient (Wildman–Crippen LogP) is 3.83. The number of rotatable bonds is 6. The molecule has 0 radical (unpaired) electrons. The third-order valence-electron chi connectivity index (χ3n) is 6.06. The number of nitrogen functional groups attached to an aromatic ring is 1. The van der Waals surface area contributed by atoms with E-state index >= 15 is 0 Å². The Morgan fingerprint density at radius 2 is 1.31 bits per heavy atom. The first-order chi connectivity index (χ1) is 18.1. The summed E-state index contributed by atoms with van der Waals surface area (Å²) in [6.07, 6.45) is 0. The fourth-order valence-corrected chi connectivity index (χ4v) is 4.99. The van der Waals surface area contributed by atoms with Crippen LogP contribution in [0.4, 0.5) is 28.4 Å². The summed E-state index contributed by atoms with van der Waals surface area (Å²) in [6.45, 7) is 0. The molecule has 0 unspecified atom stereocenters. The molecule has 39 heavy (non-hydrogen) atoms. The number of carboxylic acid groups (broad SMARTS) is 1. The number of nitrogens with one attached hydrogen (secondary N) is 2. The minimum atomic E-state index is -4.90. The van der Waals surface area contributed by atoms with Gasteiger partial charge in [-0.3, -0.25) is 14.1 Å². The summed E-state index contributed by atoms with van der Waals surface area (Å²) in [6, 6.07) is 20.1. The number of aromatic carboxylic acids is 1. The van der Waals surface area contributed by atoms with Crippen LogP contribution in [0.2, 0.25) is 0 Å². The van der Waals surface area contributed by atoms with E-state index in [1.807, 2.05) is 6.07 Å². The molecule has 0 aromatic heterocycles. The Bertz CT molecular complexity index is 1770. The predicted molar refractivity (Wildman–Crippen MR) is 148 cm³/mol. The van der Waals surface area contributed by atoms with Gasteiger partial charge in [0.05, 0.1) is 33.8 Å². The van der Waals surface area contributed by atoms with Gasteiger partial charge in [-0.2, -0.15) is 8.42 Å². The van der Waals surface area contributed by atoms with Gasteiger partial charge in [-0.25, -0.2) is 4.79 Å². The quantitative estimate of drug-likeness (QED) is 0.118. The zero-order valence-corrected chi connectivity index (χ0v) is 20.2. The Labute approximate surface area is 244 Å². The Morgan fingerprint density at radius 1 is 0.744 bits per heavy atom. The van der Waals surface area contributed by atoms with Crippen LogP contribution in [0.3, 0.4) is 0 Å². The molecule has 4 aromatic carbocycles. The second-order valence-corrected chi connectivity index (χ2v) is 9.84. The van der Waals surface area contributed by atoms with Crippen LogP contribution in [-0.4, -0.2) is 65.2 Å². The van der Waals surface area contributed by atoms with Crippen molar-refractivity contribution < 1.29 is 32.5 Å². The third kappa shape index (κ3) is 5.18. The summed E-state index contributed by atoms with van der Waals surface area (Å²) in [5.74, 6) is -2.52. The molecular formula is C27H20N3NaO7S. The minimum absolute atomic E-state index is 0. The van der Waals surface area contributed by atoms with E-state index in [2.05, 4.69) is 10.6 Å². The van der Waals surface area contributed by atoms with Crippen LogP contribution in [0.1, 0.15) is 42.2 Å². The number of hydrogen-bond acceptors (Lipinski definition) is 8. The van der Waals surface area contributed by atoms with Crippen molar-refractivity contribution in [3.63, 3.8) is 0 Å². The van der Waals surface area contributed by atoms with Crippen molar-refractivity contribution >= 4 is 85.6 Å². The SMILES string of the molecule is Nc1c(S(=O)(=O)O)cc(Nc2ccc(Nc3ccccc3)c(C(=O)O)c2)c2c1C(=O)c1ccccc1C2=O.[NaH]. The van der Waals surface area contributed by atoms with Crippen molar-refractivity contribution in [3.05, 3.63) is 107 Å². The zero-order chi connectivity index (χ0) is 27.2. The molecule has 0 aliphatic heterocycles. The fourth-order valence-electron chi connectivity index (χ4n) is 4.35. The van der Waals surface area contributed by atoms with Gasteiger partial charge in [0.15, 0.2) is 11.6 Å². The topological polar surface area (TPSA) is 176 Å². The van der Waals surface area contributed by atoms with Gasteiger partial charge in [-0.1, -0.05) is 42.5 Å². The summed E-state index contributed by atoms with van der Waals surface area (Å²) < 4.78 is 34.0. The first kappa shape index (κ1) is 28.0. The van der Waals surface area contributed by atoms with Gasteiger partial charge in [0.2, 0.25) is 0 Å². The number of ketones is 2. The van der Waals surface area contributed by atoms with Gasteiger partial charge < -0.3 is 21.5 Å². The number of carbonyl (C=O) groups excluding carboxylic acids is 2. The Morgan fingerprint density at radius 3 is 1.90 bits per heavy atom. The van der Waals surface area contributed by atoms with Gasteiger partial charge in [0, 0.05) is 22.5 Å². The van der Waals surface area contributed by atoms with Crippen LogP contribution in [0.25, 0.3) is 0 Å². The van der Waals surface area contributed by atoms with Gasteiger partial charge >= 0.3 is 35.5 Å². The third-order valence-corrected chi connectivity index (χ3v) is 6.95. The van der Waals surface area contributed by atoms with E-state index in [1.54, 1.807) is 36.4 Å². The van der Waals surface area contributed by atoms with Gasteiger partial charge in [-0.05, 0) is 36.4 Å². The van der Waals surface area contributed by atoms with Crippen LogP contribution < -0.4 is 16.4 Å². The van der Waals surface area contributed by atoms with Crippen molar-refractivity contribution in [2.24, 2.45) is 0 Å². The molecule has 10 nitrogen and oxygen atoms in total. The average Bonchev–Trinajstić information content (AvgIpc) is 2.88. The molecule has 0 heterocycles. The summed E-state index contributed by atoms with van der Waals surface area (Å²) in [7, 11) is -4.90. The van der Waals surface area contributed by atoms with E-state index in [9.17, 15) is 32.5 Å². The summed E-state index contributed by atoms with van der Waals surface area (Å²) in [5.41, 5.74) is 5.86. The molecule has 4 aromatic rings. The number of nitrogens with two attached hydrogens (primary N) is 1. The summed E-state index contributed by atoms with van der Waals surface area (Å²) in [5, 5.41) is 15.7. The van der Waals surface area contributed by atoms with E-state index in [4.69, 9.17) is 5.73 Å². The molecule has 0 saturated heterocycles. The van der Waals surface area contributed by atoms with Crippen LogP contribution in [0.5, 0.6) is 0 Å². The number of carboxylic acids is 1. The van der Waals surface area contributed by atoms with Crippen LogP contribution in [0, 0.1) is 0 Å². The Hall–Kier alpha value is -4.00. The van der Waals surface area contributed by atoms with Crippen molar-refractivity contribution in [1.29, 1.82) is 0 Å². The van der Waals surface area contributed by atoms with Crippen LogP contribution >= 0.6 is 0 Å². The van der Waals surface area contributed by atoms with Crippen molar-refractivity contribution in [2.75, 3.05) is 16.4 Å². The molecule has 0 bridgehead atoms. The van der Waals surface area contributed by atoms with E-state index in [0.717, 1.165) is 6.07 Å². The first-order valence-corrected chi connectivity index (χ1v) is 12.6. The van der Waals surface area contributed by atoms with Crippen molar-refractivity contribution in [2.45, 2.75) is 4.90 Å². The molecule has 12 heteroatoms. The monoisotopic (exact) mass is 553 g/mol. The van der Waals surface area contributed by atoms with Crippen molar-refractivity contribution in [3.8, 4) is 0 Å². The van der Waals surface area contributed by atoms with Gasteiger partial charge in [0.1, 0.15) is 4.90 Å². The molecule has 0 spiro atoms. The first-order valence-electron chi connectivity index (χ1n) is 11.1. The maximum atomic E-state index is 13.4. The molecule has 192 valence electrons. The molecule has 1 aliphatic carbocycles. The normalized spacial score (nSPS) is 12.1. The van der Waals surface area contributed by atoms with Crippen molar-refractivity contribution in [1.82, 2.24) is 0 Å². The number of benzene rings is 4. The standard InChI is InChI=1S/C27H19N3O7S.Na.H/c28-24-21(38(35,36)37)13-20(22-23(24)26(32)17-9-5-4-8-16(17)25(22)31)30-15-10-11-19(18(12-15)27(33)34)29-14-6-2-1-3-7-14;;/h1-13,29-30H,28H2,(H,33,34)(H,35,36,37);;. The second kappa shape index (κ2) is 10.6. The van der Waals surface area contributed by atoms with Gasteiger partial charge in [0.25, 0.3) is 10.1 Å². The summed E-state index contributed by atoms with van der Waals surface area (Å²) >= 11 is 0. The fraction of sp³-hybridized carbons (Fsp3) is 0. The molecular weight excluding hydrogens is 533 g/mol. The Kier molecular flexibility index (Phi) is 7.64. The number of anilines is 5. The average molecular weight is 554 g/mol. The number of para-hydroxylation sites is 1. The molecule has 6 N–H and O–H groups in total. The van der Waals surface area contributed by atoms with Crippen LogP contribution in [-0.2, 0) is 10.1 Å². The number of hydrogen-bond donors (Lipinski definition) is 5. The molecule has 0 fully saturated rings. The molecule has 0 saturated carbocycles. The Balaban J connectivity index is 0.00000353. The molecule has 1 aliphatic rings. The van der Waals surface area contributed by atoms with E-state index < -0.39 is 38.2 Å². The number of carbonyl (C=O) groups is 3. The second-order valence-electron chi connectivity index (χ2n) is 8.45. The van der Waals surface area contributed by atoms with Gasteiger partial charge in [-0.15, -0.1) is 0 Å².